The van der Waals surface area contributed by atoms with Gasteiger partial charge in [0.25, 0.3) is 5.56 Å². The lowest BCUT2D eigenvalue weighted by atomic mass is 10.5. The number of nitrogens with zero attached hydrogens (tertiary/aromatic N) is 2. The number of hydrogen-bond acceptors (Lipinski definition) is 4. The summed E-state index contributed by atoms with van der Waals surface area (Å²) in [6.07, 6.45) is 3.16. The second kappa shape index (κ2) is 4.59. The fourth-order valence-electron chi connectivity index (χ4n) is 0.942. The van der Waals surface area contributed by atoms with Crippen LogP contribution in [0.1, 0.15) is 0 Å². The highest BCUT2D eigenvalue weighted by molar-refractivity contribution is 9.10. The standard InChI is InChI=1S/C9H6BrN3OS/c10-6-2-1-4-11-8(6)15-9-12-5-3-7(14)13-9/h1-5H,(H,12,13,14). The zero-order chi connectivity index (χ0) is 10.7. The van der Waals surface area contributed by atoms with Gasteiger partial charge in [-0.15, -0.1) is 0 Å². The molecule has 2 aromatic heterocycles. The van der Waals surface area contributed by atoms with E-state index in [4.69, 9.17) is 0 Å². The largest absolute Gasteiger partial charge is 0.301 e. The molecule has 2 rings (SSSR count). The van der Waals surface area contributed by atoms with Crippen molar-refractivity contribution >= 4 is 27.7 Å². The minimum Gasteiger partial charge on any atom is -0.301 e. The van der Waals surface area contributed by atoms with Gasteiger partial charge in [0.15, 0.2) is 5.16 Å². The molecule has 0 bridgehead atoms. The van der Waals surface area contributed by atoms with Crippen molar-refractivity contribution < 1.29 is 0 Å². The van der Waals surface area contributed by atoms with Gasteiger partial charge in [0, 0.05) is 18.5 Å². The topological polar surface area (TPSA) is 58.6 Å². The van der Waals surface area contributed by atoms with Crippen molar-refractivity contribution in [3.8, 4) is 0 Å². The van der Waals surface area contributed by atoms with E-state index in [2.05, 4.69) is 30.9 Å². The molecule has 2 aromatic rings. The van der Waals surface area contributed by atoms with Crippen LogP contribution in [-0.2, 0) is 0 Å². The highest BCUT2D eigenvalue weighted by atomic mass is 79.9. The Hall–Kier alpha value is -1.14. The second-order valence-electron chi connectivity index (χ2n) is 2.63. The van der Waals surface area contributed by atoms with Crippen molar-refractivity contribution in [2.45, 2.75) is 10.2 Å². The van der Waals surface area contributed by atoms with Gasteiger partial charge in [-0.1, -0.05) is 0 Å². The molecule has 0 spiro atoms. The summed E-state index contributed by atoms with van der Waals surface area (Å²) < 4.78 is 0.876. The summed E-state index contributed by atoms with van der Waals surface area (Å²) in [5.74, 6) is 0. The summed E-state index contributed by atoms with van der Waals surface area (Å²) in [4.78, 5) is 21.8. The predicted molar refractivity (Wildman–Crippen MR) is 60.9 cm³/mol. The van der Waals surface area contributed by atoms with E-state index >= 15 is 0 Å². The average molecular weight is 284 g/mol. The molecule has 0 saturated carbocycles. The molecule has 4 nitrogen and oxygen atoms in total. The third-order valence-electron chi connectivity index (χ3n) is 1.57. The van der Waals surface area contributed by atoms with Crippen LogP contribution in [0.2, 0.25) is 0 Å². The van der Waals surface area contributed by atoms with Crippen LogP contribution in [0.15, 0.2) is 50.0 Å². The Labute approximate surface area is 98.3 Å². The summed E-state index contributed by atoms with van der Waals surface area (Å²) in [6, 6.07) is 5.09. The molecule has 0 aromatic carbocycles. The number of aromatic nitrogens is 3. The maximum absolute atomic E-state index is 11.0. The van der Waals surface area contributed by atoms with E-state index in [1.54, 1.807) is 6.20 Å². The van der Waals surface area contributed by atoms with E-state index in [1.807, 2.05) is 12.1 Å². The summed E-state index contributed by atoms with van der Waals surface area (Å²) in [7, 11) is 0. The lowest BCUT2D eigenvalue weighted by molar-refractivity contribution is 0.930. The predicted octanol–water partition coefficient (Wildman–Crippen LogP) is 2.08. The lowest BCUT2D eigenvalue weighted by Crippen LogP contribution is -2.05. The molecule has 76 valence electrons. The molecule has 0 aliphatic carbocycles. The van der Waals surface area contributed by atoms with Crippen molar-refractivity contribution in [1.82, 2.24) is 15.0 Å². The fraction of sp³-hybridized carbons (Fsp3) is 0. The van der Waals surface area contributed by atoms with E-state index in [0.29, 0.717) is 5.16 Å². The van der Waals surface area contributed by atoms with Gasteiger partial charge in [-0.2, -0.15) is 0 Å². The molecule has 0 fully saturated rings. The second-order valence-corrected chi connectivity index (χ2v) is 4.46. The van der Waals surface area contributed by atoms with Crippen molar-refractivity contribution in [3.63, 3.8) is 0 Å². The number of H-pyrrole nitrogens is 1. The Balaban J connectivity index is 2.30. The molecule has 0 amide bonds. The zero-order valence-corrected chi connectivity index (χ0v) is 9.88. The van der Waals surface area contributed by atoms with Crippen molar-refractivity contribution in [3.05, 3.63) is 45.4 Å². The Morgan fingerprint density at radius 2 is 2.13 bits per heavy atom. The van der Waals surface area contributed by atoms with Crippen molar-refractivity contribution in [2.24, 2.45) is 0 Å². The molecule has 0 aliphatic rings. The third-order valence-corrected chi connectivity index (χ3v) is 3.39. The number of hydrogen-bond donors (Lipinski definition) is 1. The van der Waals surface area contributed by atoms with Gasteiger partial charge in [-0.05, 0) is 39.8 Å². The first-order chi connectivity index (χ1) is 7.25. The first-order valence-electron chi connectivity index (χ1n) is 4.09. The molecular weight excluding hydrogens is 278 g/mol. The molecule has 15 heavy (non-hydrogen) atoms. The van der Waals surface area contributed by atoms with E-state index in [1.165, 1.54) is 24.0 Å². The molecule has 0 atom stereocenters. The SMILES string of the molecule is O=c1ccnc(Sc2ncccc2Br)[nH]1. The first kappa shape index (κ1) is 10.4. The summed E-state index contributed by atoms with van der Waals surface area (Å²) >= 11 is 4.67. The van der Waals surface area contributed by atoms with Crippen LogP contribution in [0.5, 0.6) is 0 Å². The highest BCUT2D eigenvalue weighted by Crippen LogP contribution is 2.28. The number of pyridine rings is 1. The summed E-state index contributed by atoms with van der Waals surface area (Å²) in [6.45, 7) is 0. The van der Waals surface area contributed by atoms with E-state index in [-0.39, 0.29) is 5.56 Å². The lowest BCUT2D eigenvalue weighted by Gasteiger charge is -2.00. The fourth-order valence-corrected chi connectivity index (χ4v) is 2.17. The minimum atomic E-state index is -0.167. The molecule has 0 unspecified atom stereocenters. The van der Waals surface area contributed by atoms with Crippen LogP contribution in [0.3, 0.4) is 0 Å². The van der Waals surface area contributed by atoms with Gasteiger partial charge in [-0.25, -0.2) is 9.97 Å². The maximum atomic E-state index is 11.0. The molecule has 6 heteroatoms. The van der Waals surface area contributed by atoms with Gasteiger partial charge in [0.05, 0.1) is 4.47 Å². The van der Waals surface area contributed by atoms with E-state index in [9.17, 15) is 4.79 Å². The third kappa shape index (κ3) is 2.66. The molecule has 0 aliphatic heterocycles. The maximum Gasteiger partial charge on any atom is 0.251 e. The smallest absolute Gasteiger partial charge is 0.251 e. The summed E-state index contributed by atoms with van der Waals surface area (Å²) in [5.41, 5.74) is -0.167. The molecule has 1 N–H and O–H groups in total. The van der Waals surface area contributed by atoms with Crippen LogP contribution in [-0.4, -0.2) is 15.0 Å². The van der Waals surface area contributed by atoms with E-state index < -0.39 is 0 Å². The number of halogens is 1. The van der Waals surface area contributed by atoms with Gasteiger partial charge in [0.2, 0.25) is 0 Å². The molecule has 0 radical (unpaired) electrons. The Kier molecular flexibility index (Phi) is 3.17. The van der Waals surface area contributed by atoms with Crippen LogP contribution >= 0.6 is 27.7 Å². The Morgan fingerprint density at radius 1 is 1.27 bits per heavy atom. The average Bonchev–Trinajstić information content (AvgIpc) is 2.22. The van der Waals surface area contributed by atoms with Crippen molar-refractivity contribution in [2.75, 3.05) is 0 Å². The first-order valence-corrected chi connectivity index (χ1v) is 5.70. The van der Waals surface area contributed by atoms with Crippen LogP contribution in [0.4, 0.5) is 0 Å². The Morgan fingerprint density at radius 3 is 2.87 bits per heavy atom. The molecule has 0 saturated heterocycles. The summed E-state index contributed by atoms with van der Waals surface area (Å²) in [5, 5.41) is 1.30. The molecule has 2 heterocycles. The Bertz CT molecular complexity index is 529. The minimum absolute atomic E-state index is 0.167. The van der Waals surface area contributed by atoms with Crippen molar-refractivity contribution in [1.29, 1.82) is 0 Å². The van der Waals surface area contributed by atoms with Crippen LogP contribution in [0.25, 0.3) is 0 Å². The van der Waals surface area contributed by atoms with Crippen LogP contribution in [0, 0.1) is 0 Å². The van der Waals surface area contributed by atoms with Gasteiger partial charge < -0.3 is 4.98 Å². The quantitative estimate of drug-likeness (QED) is 0.858. The van der Waals surface area contributed by atoms with Crippen LogP contribution < -0.4 is 5.56 Å². The number of aromatic amines is 1. The van der Waals surface area contributed by atoms with Gasteiger partial charge in [-0.3, -0.25) is 4.79 Å². The number of rotatable bonds is 2. The monoisotopic (exact) mass is 283 g/mol. The molecular formula is C9H6BrN3OS. The normalized spacial score (nSPS) is 10.2. The number of nitrogens with one attached hydrogen (secondary N) is 1. The highest BCUT2D eigenvalue weighted by Gasteiger charge is 2.04. The van der Waals surface area contributed by atoms with E-state index in [0.717, 1.165) is 9.50 Å². The van der Waals surface area contributed by atoms with Gasteiger partial charge in [0.1, 0.15) is 5.03 Å². The zero-order valence-electron chi connectivity index (χ0n) is 7.48. The van der Waals surface area contributed by atoms with Gasteiger partial charge >= 0.3 is 0 Å².